The zero-order chi connectivity index (χ0) is 16.9. The number of nitrogens with one attached hydrogen (secondary N) is 2. The third-order valence-electron chi connectivity index (χ3n) is 2.85. The van der Waals surface area contributed by atoms with Crippen LogP contribution in [0.1, 0.15) is 26.3 Å². The van der Waals surface area contributed by atoms with Gasteiger partial charge in [0.15, 0.2) is 0 Å². The van der Waals surface area contributed by atoms with Crippen LogP contribution in [0.3, 0.4) is 0 Å². The molecule has 0 saturated carbocycles. The first-order chi connectivity index (χ1) is 10.9. The van der Waals surface area contributed by atoms with Crippen molar-refractivity contribution in [1.29, 1.82) is 0 Å². The molecule has 6 nitrogen and oxygen atoms in total. The minimum Gasteiger partial charge on any atom is -0.444 e. The molecule has 0 aliphatic heterocycles. The molecular formula is C17H22N4O2. The van der Waals surface area contributed by atoms with Crippen LogP contribution in [-0.4, -0.2) is 21.5 Å². The summed E-state index contributed by atoms with van der Waals surface area (Å²) in [6.07, 6.45) is 4.83. The Morgan fingerprint density at radius 3 is 2.78 bits per heavy atom. The number of nitrogens with zero attached hydrogens (tertiary/aromatic N) is 2. The monoisotopic (exact) mass is 314 g/mol. The number of hydrogen-bond acceptors (Lipinski definition) is 4. The molecule has 1 aromatic heterocycles. The standard InChI is InChI=1S/C17H22N4O2/c1-5-21-12-13(11-19-21)10-18-14-7-6-8-15(9-14)20-16(22)23-17(2,3)4/h5-9,11-12,18H,1,10H2,2-4H3,(H,20,22). The number of rotatable bonds is 5. The van der Waals surface area contributed by atoms with Gasteiger partial charge in [0.25, 0.3) is 0 Å². The Hall–Kier alpha value is -2.76. The molecule has 0 fully saturated rings. The van der Waals surface area contributed by atoms with Crippen molar-refractivity contribution in [2.45, 2.75) is 32.9 Å². The van der Waals surface area contributed by atoms with Gasteiger partial charge in [-0.25, -0.2) is 9.48 Å². The fourth-order valence-electron chi connectivity index (χ4n) is 1.90. The van der Waals surface area contributed by atoms with E-state index in [1.54, 1.807) is 17.1 Å². The molecule has 6 heteroatoms. The second-order valence-electron chi connectivity index (χ2n) is 6.07. The second-order valence-corrected chi connectivity index (χ2v) is 6.07. The third kappa shape index (κ3) is 5.50. The van der Waals surface area contributed by atoms with Crippen molar-refractivity contribution in [2.24, 2.45) is 0 Å². The smallest absolute Gasteiger partial charge is 0.412 e. The van der Waals surface area contributed by atoms with Gasteiger partial charge in [0.05, 0.1) is 6.20 Å². The molecule has 23 heavy (non-hydrogen) atoms. The first-order valence-corrected chi connectivity index (χ1v) is 7.35. The number of carbonyl (C=O) groups excluding carboxylic acids is 1. The summed E-state index contributed by atoms with van der Waals surface area (Å²) in [5.41, 5.74) is 2.08. The summed E-state index contributed by atoms with van der Waals surface area (Å²) in [6.45, 7) is 9.77. The van der Waals surface area contributed by atoms with E-state index in [1.807, 2.05) is 51.2 Å². The Morgan fingerprint density at radius 1 is 1.39 bits per heavy atom. The molecule has 0 saturated heterocycles. The molecule has 0 aliphatic rings. The van der Waals surface area contributed by atoms with Gasteiger partial charge >= 0.3 is 6.09 Å². The molecule has 2 N–H and O–H groups in total. The topological polar surface area (TPSA) is 68.2 Å². The van der Waals surface area contributed by atoms with E-state index < -0.39 is 11.7 Å². The molecule has 1 amide bonds. The van der Waals surface area contributed by atoms with E-state index in [4.69, 9.17) is 4.74 Å². The molecule has 0 atom stereocenters. The van der Waals surface area contributed by atoms with Crippen molar-refractivity contribution >= 4 is 23.7 Å². The maximum Gasteiger partial charge on any atom is 0.412 e. The molecule has 0 radical (unpaired) electrons. The lowest BCUT2D eigenvalue weighted by molar-refractivity contribution is 0.0636. The number of amides is 1. The van der Waals surface area contributed by atoms with Crippen molar-refractivity contribution in [3.05, 3.63) is 48.8 Å². The maximum atomic E-state index is 11.8. The van der Waals surface area contributed by atoms with Crippen LogP contribution in [0.2, 0.25) is 0 Å². The number of benzene rings is 1. The van der Waals surface area contributed by atoms with Crippen LogP contribution in [0, 0.1) is 0 Å². The van der Waals surface area contributed by atoms with Crippen molar-refractivity contribution in [2.75, 3.05) is 10.6 Å². The summed E-state index contributed by atoms with van der Waals surface area (Å²) < 4.78 is 6.89. The number of aromatic nitrogens is 2. The molecule has 2 aromatic rings. The average Bonchev–Trinajstić information content (AvgIpc) is 2.91. The predicted octanol–water partition coefficient (Wildman–Crippen LogP) is 3.94. The highest BCUT2D eigenvalue weighted by atomic mass is 16.6. The van der Waals surface area contributed by atoms with Gasteiger partial charge in [0, 0.05) is 35.9 Å². The van der Waals surface area contributed by atoms with Crippen molar-refractivity contribution in [1.82, 2.24) is 9.78 Å². The third-order valence-corrected chi connectivity index (χ3v) is 2.85. The number of ether oxygens (including phenoxy) is 1. The van der Waals surface area contributed by atoms with Crippen LogP contribution in [0.5, 0.6) is 0 Å². The first-order valence-electron chi connectivity index (χ1n) is 7.35. The van der Waals surface area contributed by atoms with Gasteiger partial charge in [0.1, 0.15) is 5.60 Å². The highest BCUT2D eigenvalue weighted by Crippen LogP contribution is 2.17. The van der Waals surface area contributed by atoms with E-state index in [0.717, 1.165) is 11.3 Å². The Kier molecular flexibility index (Phi) is 5.05. The minimum absolute atomic E-state index is 0.470. The van der Waals surface area contributed by atoms with E-state index >= 15 is 0 Å². The summed E-state index contributed by atoms with van der Waals surface area (Å²) in [4.78, 5) is 11.8. The summed E-state index contributed by atoms with van der Waals surface area (Å²) in [5.74, 6) is 0. The maximum absolute atomic E-state index is 11.8. The van der Waals surface area contributed by atoms with Gasteiger partial charge in [-0.1, -0.05) is 12.6 Å². The average molecular weight is 314 g/mol. The van der Waals surface area contributed by atoms with E-state index in [-0.39, 0.29) is 0 Å². The lowest BCUT2D eigenvalue weighted by Gasteiger charge is -2.19. The van der Waals surface area contributed by atoms with Crippen LogP contribution in [0.15, 0.2) is 43.2 Å². The fraction of sp³-hybridized carbons (Fsp3) is 0.294. The Morgan fingerprint density at radius 2 is 2.13 bits per heavy atom. The SMILES string of the molecule is C=Cn1cc(CNc2cccc(NC(=O)OC(C)(C)C)c2)cn1. The number of carbonyl (C=O) groups is 1. The predicted molar refractivity (Wildman–Crippen MR) is 92.2 cm³/mol. The molecule has 2 rings (SSSR count). The van der Waals surface area contributed by atoms with Gasteiger partial charge in [-0.2, -0.15) is 5.10 Å². The normalized spacial score (nSPS) is 10.9. The van der Waals surface area contributed by atoms with E-state index in [0.29, 0.717) is 12.2 Å². The highest BCUT2D eigenvalue weighted by molar-refractivity contribution is 5.85. The van der Waals surface area contributed by atoms with Crippen LogP contribution >= 0.6 is 0 Å². The highest BCUT2D eigenvalue weighted by Gasteiger charge is 2.16. The summed E-state index contributed by atoms with van der Waals surface area (Å²) >= 11 is 0. The second kappa shape index (κ2) is 7.00. The van der Waals surface area contributed by atoms with Crippen LogP contribution in [0.25, 0.3) is 6.20 Å². The fourth-order valence-corrected chi connectivity index (χ4v) is 1.90. The number of hydrogen-bond donors (Lipinski definition) is 2. The van der Waals surface area contributed by atoms with Gasteiger partial charge in [-0.05, 0) is 39.0 Å². The molecule has 0 spiro atoms. The molecule has 0 aliphatic carbocycles. The van der Waals surface area contributed by atoms with Crippen LogP contribution in [-0.2, 0) is 11.3 Å². The lowest BCUT2D eigenvalue weighted by atomic mass is 10.2. The van der Waals surface area contributed by atoms with Gasteiger partial charge in [-0.3, -0.25) is 5.32 Å². The van der Waals surface area contributed by atoms with E-state index in [1.165, 1.54) is 0 Å². The molecule has 122 valence electrons. The van der Waals surface area contributed by atoms with E-state index in [2.05, 4.69) is 22.3 Å². The van der Waals surface area contributed by atoms with Crippen molar-refractivity contribution in [3.63, 3.8) is 0 Å². The zero-order valence-corrected chi connectivity index (χ0v) is 13.7. The zero-order valence-electron chi connectivity index (χ0n) is 13.7. The number of anilines is 2. The van der Waals surface area contributed by atoms with Crippen LogP contribution in [0.4, 0.5) is 16.2 Å². The summed E-state index contributed by atoms with van der Waals surface area (Å²) in [5, 5.41) is 10.1. The Bertz CT molecular complexity index is 686. The lowest BCUT2D eigenvalue weighted by Crippen LogP contribution is -2.27. The van der Waals surface area contributed by atoms with Gasteiger partial charge < -0.3 is 10.1 Å². The van der Waals surface area contributed by atoms with Crippen molar-refractivity contribution < 1.29 is 9.53 Å². The quantitative estimate of drug-likeness (QED) is 0.877. The molecule has 0 unspecified atom stereocenters. The Balaban J connectivity index is 1.94. The van der Waals surface area contributed by atoms with Gasteiger partial charge in [0.2, 0.25) is 0 Å². The summed E-state index contributed by atoms with van der Waals surface area (Å²) in [6, 6.07) is 7.45. The van der Waals surface area contributed by atoms with E-state index in [9.17, 15) is 4.79 Å². The minimum atomic E-state index is -0.523. The molecular weight excluding hydrogens is 292 g/mol. The molecule has 1 heterocycles. The van der Waals surface area contributed by atoms with Crippen LogP contribution < -0.4 is 10.6 Å². The first kappa shape index (κ1) is 16.6. The van der Waals surface area contributed by atoms with Crippen molar-refractivity contribution in [3.8, 4) is 0 Å². The summed E-state index contributed by atoms with van der Waals surface area (Å²) in [7, 11) is 0. The molecule has 1 aromatic carbocycles. The largest absolute Gasteiger partial charge is 0.444 e. The Labute approximate surface area is 136 Å². The molecule has 0 bridgehead atoms. The van der Waals surface area contributed by atoms with Gasteiger partial charge in [-0.15, -0.1) is 0 Å².